The van der Waals surface area contributed by atoms with E-state index in [9.17, 15) is 0 Å². The van der Waals surface area contributed by atoms with Crippen LogP contribution in [0, 0.1) is 0 Å². The molecule has 0 saturated carbocycles. The molecule has 1 nitrogen and oxygen atoms in total. The highest BCUT2D eigenvalue weighted by Crippen LogP contribution is 2.38. The van der Waals surface area contributed by atoms with Gasteiger partial charge in [0.15, 0.2) is 0 Å². The quantitative estimate of drug-likeness (QED) is 0.255. The summed E-state index contributed by atoms with van der Waals surface area (Å²) in [4.78, 5) is 0. The molecule has 0 N–H and O–H groups in total. The maximum Gasteiger partial charge on any atom is 0.0547 e. The van der Waals surface area contributed by atoms with Gasteiger partial charge in [-0.1, -0.05) is 109 Å². The number of nitrogens with zero attached hydrogens (tertiary/aromatic N) is 1. The van der Waals surface area contributed by atoms with Gasteiger partial charge in [-0.05, 0) is 63.4 Å². The van der Waals surface area contributed by atoms with Crippen molar-refractivity contribution in [1.82, 2.24) is 4.57 Å². The predicted molar refractivity (Wildman–Crippen MR) is 149 cm³/mol. The molecule has 35 heavy (non-hydrogen) atoms. The Bertz CT molecular complexity index is 1810. The number of hydrogen-bond donors (Lipinski definition) is 0. The summed E-state index contributed by atoms with van der Waals surface area (Å²) >= 11 is 0. The highest BCUT2D eigenvalue weighted by Gasteiger charge is 2.15. The van der Waals surface area contributed by atoms with Crippen LogP contribution in [-0.2, 0) is 0 Å². The smallest absolute Gasteiger partial charge is 0.0547 e. The van der Waals surface area contributed by atoms with E-state index >= 15 is 0 Å². The maximum atomic E-state index is 2.40. The first-order chi connectivity index (χ1) is 17.4. The molecule has 6 aromatic carbocycles. The van der Waals surface area contributed by atoms with Gasteiger partial charge in [-0.3, -0.25) is 0 Å². The Morgan fingerprint density at radius 2 is 0.943 bits per heavy atom. The molecule has 7 aromatic rings. The molecular weight excluding hydrogens is 422 g/mol. The van der Waals surface area contributed by atoms with Crippen molar-refractivity contribution in [2.24, 2.45) is 0 Å². The fourth-order valence-corrected chi connectivity index (χ4v) is 5.31. The number of rotatable bonds is 3. The highest BCUT2D eigenvalue weighted by molar-refractivity contribution is 6.21. The first kappa shape index (κ1) is 19.8. The summed E-state index contributed by atoms with van der Waals surface area (Å²) in [6, 6.07) is 50.2. The minimum Gasteiger partial charge on any atom is -0.309 e. The van der Waals surface area contributed by atoms with E-state index in [-0.39, 0.29) is 0 Å². The zero-order chi connectivity index (χ0) is 23.2. The molecular formula is C34H23N. The highest BCUT2D eigenvalue weighted by atomic mass is 15.0. The third kappa shape index (κ3) is 3.25. The molecule has 0 aliphatic carbocycles. The van der Waals surface area contributed by atoms with Crippen molar-refractivity contribution < 1.29 is 0 Å². The molecule has 0 fully saturated rings. The van der Waals surface area contributed by atoms with Crippen LogP contribution in [0.4, 0.5) is 0 Å². The first-order valence-electron chi connectivity index (χ1n) is 12.0. The summed E-state index contributed by atoms with van der Waals surface area (Å²) in [7, 11) is 0. The Morgan fingerprint density at radius 1 is 0.371 bits per heavy atom. The zero-order valence-electron chi connectivity index (χ0n) is 19.2. The second kappa shape index (κ2) is 8.00. The number of aromatic nitrogens is 1. The molecule has 7 rings (SSSR count). The van der Waals surface area contributed by atoms with E-state index in [1.807, 2.05) is 0 Å². The molecule has 0 unspecified atom stereocenters. The summed E-state index contributed by atoms with van der Waals surface area (Å²) in [5, 5.41) is 5.15. The number of para-hydroxylation sites is 1. The van der Waals surface area contributed by atoms with Crippen LogP contribution in [0.15, 0.2) is 140 Å². The number of benzene rings is 6. The SMILES string of the molecule is c1ccc(-c2ccc(-n3c4ccccc4c4c5cc(-c6ccccc6)ccc5ccc43)cc2)cc1. The minimum atomic E-state index is 1.18. The van der Waals surface area contributed by atoms with Crippen molar-refractivity contribution in [1.29, 1.82) is 0 Å². The lowest BCUT2D eigenvalue weighted by molar-refractivity contribution is 1.18. The van der Waals surface area contributed by atoms with Crippen molar-refractivity contribution in [3.05, 3.63) is 140 Å². The second-order valence-corrected chi connectivity index (χ2v) is 9.03. The third-order valence-corrected chi connectivity index (χ3v) is 6.99. The van der Waals surface area contributed by atoms with E-state index in [4.69, 9.17) is 0 Å². The van der Waals surface area contributed by atoms with Gasteiger partial charge in [0.2, 0.25) is 0 Å². The Morgan fingerprint density at radius 3 is 1.69 bits per heavy atom. The van der Waals surface area contributed by atoms with E-state index in [0.717, 1.165) is 0 Å². The molecule has 1 heteroatoms. The molecule has 0 spiro atoms. The fraction of sp³-hybridized carbons (Fsp3) is 0. The summed E-state index contributed by atoms with van der Waals surface area (Å²) in [5.74, 6) is 0. The van der Waals surface area contributed by atoms with Crippen LogP contribution in [0.2, 0.25) is 0 Å². The van der Waals surface area contributed by atoms with Crippen LogP contribution in [-0.4, -0.2) is 4.57 Å². The lowest BCUT2D eigenvalue weighted by atomic mass is 9.98. The molecule has 0 amide bonds. The zero-order valence-corrected chi connectivity index (χ0v) is 19.2. The summed E-state index contributed by atoms with van der Waals surface area (Å²) in [6.45, 7) is 0. The minimum absolute atomic E-state index is 1.18. The molecule has 0 atom stereocenters. The van der Waals surface area contributed by atoms with Gasteiger partial charge in [-0.15, -0.1) is 0 Å². The van der Waals surface area contributed by atoms with Crippen LogP contribution in [0.1, 0.15) is 0 Å². The predicted octanol–water partition coefficient (Wildman–Crippen LogP) is 9.27. The normalized spacial score (nSPS) is 11.4. The average molecular weight is 446 g/mol. The average Bonchev–Trinajstić information content (AvgIpc) is 3.29. The van der Waals surface area contributed by atoms with Crippen LogP contribution < -0.4 is 0 Å². The Kier molecular flexibility index (Phi) is 4.53. The van der Waals surface area contributed by atoms with Gasteiger partial charge < -0.3 is 4.57 Å². The first-order valence-corrected chi connectivity index (χ1v) is 12.0. The lowest BCUT2D eigenvalue weighted by Crippen LogP contribution is -1.93. The molecule has 164 valence electrons. The van der Waals surface area contributed by atoms with Gasteiger partial charge in [0.1, 0.15) is 0 Å². The largest absolute Gasteiger partial charge is 0.309 e. The Hall–Kier alpha value is -4.62. The molecule has 0 aliphatic rings. The molecule has 0 bridgehead atoms. The lowest BCUT2D eigenvalue weighted by Gasteiger charge is -2.10. The van der Waals surface area contributed by atoms with Gasteiger partial charge in [0, 0.05) is 16.5 Å². The third-order valence-electron chi connectivity index (χ3n) is 6.99. The fourth-order valence-electron chi connectivity index (χ4n) is 5.31. The molecule has 0 aliphatic heterocycles. The van der Waals surface area contributed by atoms with E-state index < -0.39 is 0 Å². The van der Waals surface area contributed by atoms with Crippen LogP contribution in [0.25, 0.3) is 60.5 Å². The van der Waals surface area contributed by atoms with Crippen molar-refractivity contribution >= 4 is 32.6 Å². The maximum absolute atomic E-state index is 2.40. The summed E-state index contributed by atoms with van der Waals surface area (Å²) < 4.78 is 2.40. The Balaban J connectivity index is 1.48. The van der Waals surface area contributed by atoms with Gasteiger partial charge >= 0.3 is 0 Å². The molecule has 0 radical (unpaired) electrons. The molecule has 0 saturated heterocycles. The van der Waals surface area contributed by atoms with Crippen LogP contribution >= 0.6 is 0 Å². The van der Waals surface area contributed by atoms with Gasteiger partial charge in [0.05, 0.1) is 11.0 Å². The van der Waals surface area contributed by atoms with E-state index in [0.29, 0.717) is 0 Å². The van der Waals surface area contributed by atoms with Crippen LogP contribution in [0.5, 0.6) is 0 Å². The van der Waals surface area contributed by atoms with Crippen molar-refractivity contribution in [2.45, 2.75) is 0 Å². The van der Waals surface area contributed by atoms with Crippen molar-refractivity contribution in [2.75, 3.05) is 0 Å². The van der Waals surface area contributed by atoms with Crippen LogP contribution in [0.3, 0.4) is 0 Å². The summed E-state index contributed by atoms with van der Waals surface area (Å²) in [5.41, 5.74) is 8.59. The van der Waals surface area contributed by atoms with Crippen molar-refractivity contribution in [3.63, 3.8) is 0 Å². The molecule has 1 heterocycles. The second-order valence-electron chi connectivity index (χ2n) is 9.03. The van der Waals surface area contributed by atoms with Gasteiger partial charge in [-0.25, -0.2) is 0 Å². The topological polar surface area (TPSA) is 4.93 Å². The number of hydrogen-bond acceptors (Lipinski definition) is 0. The monoisotopic (exact) mass is 445 g/mol. The van der Waals surface area contributed by atoms with E-state index in [1.165, 1.54) is 60.5 Å². The van der Waals surface area contributed by atoms with E-state index in [2.05, 4.69) is 144 Å². The number of fused-ring (bicyclic) bond motifs is 5. The van der Waals surface area contributed by atoms with E-state index in [1.54, 1.807) is 0 Å². The van der Waals surface area contributed by atoms with Gasteiger partial charge in [-0.2, -0.15) is 0 Å². The van der Waals surface area contributed by atoms with Crippen molar-refractivity contribution in [3.8, 4) is 27.9 Å². The summed E-state index contributed by atoms with van der Waals surface area (Å²) in [6.07, 6.45) is 0. The standard InChI is InChI=1S/C34H23N/c1-3-9-24(10-4-1)26-17-20-29(21-18-26)35-32-14-8-7-13-30(32)34-31-23-28(25-11-5-2-6-12-25)16-15-27(31)19-22-33(34)35/h1-23H. The molecule has 1 aromatic heterocycles. The Labute approximate surface area is 204 Å². The van der Waals surface area contributed by atoms with Gasteiger partial charge in [0.25, 0.3) is 0 Å².